The van der Waals surface area contributed by atoms with E-state index in [9.17, 15) is 8.42 Å². The van der Waals surface area contributed by atoms with Crippen LogP contribution in [-0.4, -0.2) is 37.6 Å². The fourth-order valence-corrected chi connectivity index (χ4v) is 3.90. The molecule has 0 saturated carbocycles. The van der Waals surface area contributed by atoms with Crippen LogP contribution in [0.1, 0.15) is 24.4 Å². The molecule has 102 valence electrons. The molecule has 7 heteroatoms. The zero-order valence-electron chi connectivity index (χ0n) is 10.0. The van der Waals surface area contributed by atoms with Crippen molar-refractivity contribution < 1.29 is 8.42 Å². The van der Waals surface area contributed by atoms with E-state index in [1.54, 1.807) is 11.3 Å². The number of alkyl halides is 1. The number of rotatable bonds is 6. The Bertz CT molecular complexity index is 455. The summed E-state index contributed by atoms with van der Waals surface area (Å²) < 4.78 is 25.6. The molecule has 1 atom stereocenters. The zero-order valence-corrected chi connectivity index (χ0v) is 13.2. The lowest BCUT2D eigenvalue weighted by molar-refractivity contribution is 0.247. The van der Waals surface area contributed by atoms with Crippen molar-refractivity contribution in [2.24, 2.45) is 0 Å². The molecule has 0 aliphatic carbocycles. The molecule has 2 rings (SSSR count). The summed E-state index contributed by atoms with van der Waals surface area (Å²) >= 11 is 4.64. The molecule has 1 aromatic rings. The van der Waals surface area contributed by atoms with E-state index in [1.807, 2.05) is 5.38 Å². The van der Waals surface area contributed by atoms with Gasteiger partial charge in [0.05, 0.1) is 0 Å². The molecular formula is C11H17BrN2O2S2. The van der Waals surface area contributed by atoms with Gasteiger partial charge < -0.3 is 0 Å². The minimum absolute atomic E-state index is 0.0453. The average molecular weight is 353 g/mol. The van der Waals surface area contributed by atoms with Crippen LogP contribution in [0.2, 0.25) is 0 Å². The highest BCUT2D eigenvalue weighted by molar-refractivity contribution is 9.10. The smallest absolute Gasteiger partial charge is 0.221 e. The minimum Gasteiger partial charge on any atom is -0.295 e. The van der Waals surface area contributed by atoms with E-state index in [0.29, 0.717) is 6.54 Å². The second-order valence-electron chi connectivity index (χ2n) is 4.39. The minimum atomic E-state index is -3.19. The van der Waals surface area contributed by atoms with Crippen LogP contribution < -0.4 is 4.72 Å². The van der Waals surface area contributed by atoms with E-state index in [4.69, 9.17) is 0 Å². The number of nitrogens with zero attached hydrogens (tertiary/aromatic N) is 1. The summed E-state index contributed by atoms with van der Waals surface area (Å²) in [6.07, 6.45) is 2.40. The van der Waals surface area contributed by atoms with Crippen LogP contribution in [0.4, 0.5) is 0 Å². The van der Waals surface area contributed by atoms with Crippen molar-refractivity contribution >= 4 is 37.3 Å². The summed E-state index contributed by atoms with van der Waals surface area (Å²) in [5.74, 6) is 0. The van der Waals surface area contributed by atoms with Crippen LogP contribution in [-0.2, 0) is 10.0 Å². The van der Waals surface area contributed by atoms with E-state index in [1.165, 1.54) is 18.4 Å². The van der Waals surface area contributed by atoms with Gasteiger partial charge in [-0.3, -0.25) is 4.90 Å². The topological polar surface area (TPSA) is 49.4 Å². The number of sulfonamides is 1. The molecule has 1 unspecified atom stereocenters. The third-order valence-electron chi connectivity index (χ3n) is 3.15. The molecule has 0 bridgehead atoms. The second-order valence-corrected chi connectivity index (χ2v) is 8.28. The Morgan fingerprint density at radius 3 is 2.72 bits per heavy atom. The number of hydrogen-bond acceptors (Lipinski definition) is 4. The largest absolute Gasteiger partial charge is 0.295 e. The fourth-order valence-electron chi connectivity index (χ4n) is 2.22. The van der Waals surface area contributed by atoms with E-state index < -0.39 is 10.0 Å². The van der Waals surface area contributed by atoms with Crippen LogP contribution in [0.3, 0.4) is 0 Å². The first kappa shape index (κ1) is 14.5. The van der Waals surface area contributed by atoms with Crippen LogP contribution in [0.25, 0.3) is 0 Å². The number of thiophene rings is 1. The van der Waals surface area contributed by atoms with Gasteiger partial charge in [-0.15, -0.1) is 0 Å². The van der Waals surface area contributed by atoms with Crippen molar-refractivity contribution in [3.05, 3.63) is 22.4 Å². The molecule has 0 radical (unpaired) electrons. The zero-order chi connectivity index (χ0) is 13.0. The summed E-state index contributed by atoms with van der Waals surface area (Å²) in [6.45, 7) is 2.55. The van der Waals surface area contributed by atoms with E-state index in [0.717, 1.165) is 13.1 Å². The molecule has 1 aromatic heterocycles. The van der Waals surface area contributed by atoms with Gasteiger partial charge in [0, 0.05) is 12.6 Å². The predicted octanol–water partition coefficient (Wildman–Crippen LogP) is 2.16. The number of nitrogens with one attached hydrogen (secondary N) is 1. The number of likely N-dealkylation sites (tertiary alicyclic amines) is 1. The van der Waals surface area contributed by atoms with Crippen molar-refractivity contribution in [1.29, 1.82) is 0 Å². The third-order valence-corrected chi connectivity index (χ3v) is 6.55. The van der Waals surface area contributed by atoms with Crippen molar-refractivity contribution in [2.75, 3.05) is 24.3 Å². The average Bonchev–Trinajstić information content (AvgIpc) is 3.01. The van der Waals surface area contributed by atoms with Crippen LogP contribution in [0, 0.1) is 0 Å². The van der Waals surface area contributed by atoms with Gasteiger partial charge in [-0.2, -0.15) is 11.3 Å². The maximum Gasteiger partial charge on any atom is 0.221 e. The van der Waals surface area contributed by atoms with Crippen LogP contribution in [0.5, 0.6) is 0 Å². The molecular weight excluding hydrogens is 336 g/mol. The first-order valence-corrected chi connectivity index (χ1v) is 9.63. The molecule has 1 aliphatic rings. The lowest BCUT2D eigenvalue weighted by Crippen LogP contribution is -2.36. The Balaban J connectivity index is 2.06. The summed E-state index contributed by atoms with van der Waals surface area (Å²) in [5.41, 5.74) is 1.21. The molecule has 0 spiro atoms. The monoisotopic (exact) mass is 352 g/mol. The van der Waals surface area contributed by atoms with Gasteiger partial charge in [-0.1, -0.05) is 15.9 Å². The summed E-state index contributed by atoms with van der Waals surface area (Å²) in [6, 6.07) is 2.24. The molecule has 2 heterocycles. The van der Waals surface area contributed by atoms with Gasteiger partial charge >= 0.3 is 0 Å². The van der Waals surface area contributed by atoms with Crippen molar-refractivity contribution in [3.8, 4) is 0 Å². The van der Waals surface area contributed by atoms with Crippen LogP contribution >= 0.6 is 27.3 Å². The maximum atomic E-state index is 11.5. The first-order chi connectivity index (χ1) is 8.62. The quantitative estimate of drug-likeness (QED) is 0.798. The van der Waals surface area contributed by atoms with E-state index in [2.05, 4.69) is 37.0 Å². The summed E-state index contributed by atoms with van der Waals surface area (Å²) in [7, 11) is -3.19. The normalized spacial score (nSPS) is 19.2. The maximum absolute atomic E-state index is 11.5. The van der Waals surface area contributed by atoms with Gasteiger partial charge in [0.1, 0.15) is 4.66 Å². The SMILES string of the molecule is O=S(=O)(CBr)NCC(c1ccsc1)N1CCCC1. The molecule has 4 nitrogen and oxygen atoms in total. The number of hydrogen-bond donors (Lipinski definition) is 1. The molecule has 1 fully saturated rings. The van der Waals surface area contributed by atoms with Crippen molar-refractivity contribution in [1.82, 2.24) is 9.62 Å². The van der Waals surface area contributed by atoms with E-state index >= 15 is 0 Å². The highest BCUT2D eigenvalue weighted by atomic mass is 79.9. The lowest BCUT2D eigenvalue weighted by atomic mass is 10.1. The summed E-state index contributed by atoms with van der Waals surface area (Å²) in [4.78, 5) is 2.36. The molecule has 18 heavy (non-hydrogen) atoms. The summed E-state index contributed by atoms with van der Waals surface area (Å²) in [5, 5.41) is 4.14. The fraction of sp³-hybridized carbons (Fsp3) is 0.636. The molecule has 0 amide bonds. The molecule has 1 saturated heterocycles. The lowest BCUT2D eigenvalue weighted by Gasteiger charge is -2.27. The van der Waals surface area contributed by atoms with Crippen LogP contribution in [0.15, 0.2) is 16.8 Å². The second kappa shape index (κ2) is 6.47. The first-order valence-electron chi connectivity index (χ1n) is 5.92. The molecule has 1 N–H and O–H groups in total. The molecule has 0 aromatic carbocycles. The van der Waals surface area contributed by atoms with Gasteiger partial charge in [-0.05, 0) is 48.3 Å². The standard InChI is InChI=1S/C11H17BrN2O2S2/c12-9-18(15,16)13-7-11(10-3-6-17-8-10)14-4-1-2-5-14/h3,6,8,11,13H,1-2,4-5,7,9H2. The van der Waals surface area contributed by atoms with E-state index in [-0.39, 0.29) is 10.7 Å². The van der Waals surface area contributed by atoms with Gasteiger partial charge in [-0.25, -0.2) is 13.1 Å². The Hall–Kier alpha value is 0.0500. The highest BCUT2D eigenvalue weighted by Crippen LogP contribution is 2.26. The Labute approximate surface area is 121 Å². The van der Waals surface area contributed by atoms with Gasteiger partial charge in [0.15, 0.2) is 0 Å². The van der Waals surface area contributed by atoms with Gasteiger partial charge in [0.25, 0.3) is 0 Å². The number of halogens is 1. The predicted molar refractivity (Wildman–Crippen MR) is 78.6 cm³/mol. The van der Waals surface area contributed by atoms with Gasteiger partial charge in [0.2, 0.25) is 10.0 Å². The Morgan fingerprint density at radius 2 is 2.17 bits per heavy atom. The highest BCUT2D eigenvalue weighted by Gasteiger charge is 2.24. The van der Waals surface area contributed by atoms with Crippen molar-refractivity contribution in [3.63, 3.8) is 0 Å². The Morgan fingerprint density at radius 1 is 1.44 bits per heavy atom. The van der Waals surface area contributed by atoms with Crippen molar-refractivity contribution in [2.45, 2.75) is 18.9 Å². The third kappa shape index (κ3) is 3.77. The molecule has 1 aliphatic heterocycles. The Kier molecular flexibility index (Phi) is 5.20.